The Labute approximate surface area is 243 Å². The molecule has 0 unspecified atom stereocenters. The van der Waals surface area contributed by atoms with Crippen LogP contribution in [0.1, 0.15) is 27.2 Å². The van der Waals surface area contributed by atoms with E-state index in [4.69, 9.17) is 4.74 Å². The van der Waals surface area contributed by atoms with E-state index in [0.29, 0.717) is 18.6 Å². The van der Waals surface area contributed by atoms with E-state index < -0.39 is 33.8 Å². The van der Waals surface area contributed by atoms with Gasteiger partial charge in [0, 0.05) is 29.6 Å². The van der Waals surface area contributed by atoms with Gasteiger partial charge in [0.05, 0.1) is 24.2 Å². The number of rotatable bonds is 13. The molecule has 3 aromatic carbocycles. The molecule has 1 aromatic heterocycles. The molecule has 9 nitrogen and oxygen atoms in total. The highest BCUT2D eigenvalue weighted by Gasteiger charge is 2.31. The largest absolute Gasteiger partial charge is 0.504 e. The Hall–Kier alpha value is -3.90. The minimum atomic E-state index is -4.07. The first-order valence-electron chi connectivity index (χ1n) is 12.9. The minimum Gasteiger partial charge on any atom is -0.504 e. The molecule has 4 rings (SSSR count). The molecule has 0 saturated heterocycles. The van der Waals surface area contributed by atoms with E-state index in [-0.39, 0.29) is 29.3 Å². The molecule has 0 aliphatic rings. The fourth-order valence-corrected chi connectivity index (χ4v) is 6.59. The summed E-state index contributed by atoms with van der Waals surface area (Å²) in [5, 5.41) is 35.6. The lowest BCUT2D eigenvalue weighted by Gasteiger charge is -2.30. The van der Waals surface area contributed by atoms with Crippen molar-refractivity contribution in [2.75, 3.05) is 13.7 Å². The zero-order valence-electron chi connectivity index (χ0n) is 22.4. The summed E-state index contributed by atoms with van der Waals surface area (Å²) in [4.78, 5) is 13.9. The number of thiophene rings is 1. The molecular formula is C30H32N2O7S2. The van der Waals surface area contributed by atoms with Gasteiger partial charge in [-0.25, -0.2) is 8.42 Å². The zero-order valence-corrected chi connectivity index (χ0v) is 24.0. The number of nitrogens with zero attached hydrogens (tertiary/aromatic N) is 1. The molecule has 11 heteroatoms. The van der Waals surface area contributed by atoms with Gasteiger partial charge in [-0.3, -0.25) is 4.79 Å². The number of methoxy groups -OCH3 is 1. The molecule has 0 aliphatic heterocycles. The van der Waals surface area contributed by atoms with Gasteiger partial charge in [-0.15, -0.1) is 11.3 Å². The summed E-state index contributed by atoms with van der Waals surface area (Å²) < 4.78 is 34.0. The van der Waals surface area contributed by atoms with Crippen LogP contribution in [-0.2, 0) is 23.0 Å². The van der Waals surface area contributed by atoms with Crippen LogP contribution in [0.5, 0.6) is 17.2 Å². The molecule has 0 fully saturated rings. The molecule has 0 aliphatic carbocycles. The van der Waals surface area contributed by atoms with Crippen molar-refractivity contribution in [3.8, 4) is 17.2 Å². The van der Waals surface area contributed by atoms with Crippen molar-refractivity contribution in [1.29, 1.82) is 0 Å². The maximum absolute atomic E-state index is 13.8. The van der Waals surface area contributed by atoms with Gasteiger partial charge in [0.2, 0.25) is 10.0 Å². The first-order chi connectivity index (χ1) is 19.7. The third kappa shape index (κ3) is 7.86. The van der Waals surface area contributed by atoms with Crippen LogP contribution in [0.2, 0.25) is 0 Å². The summed E-state index contributed by atoms with van der Waals surface area (Å²) in [7, 11) is -2.62. The van der Waals surface area contributed by atoms with Crippen molar-refractivity contribution in [2.45, 2.75) is 36.4 Å². The standard InChI is InChI=1S/C30H32N2O7S2/c1-39-23-9-5-11-25(18-23)41(37,38)32(19-24-10-6-16-40-24)20-29(35)26(14-12-21-7-3-2-4-8-21)31-30(36)22-13-15-27(33)28(34)17-22/h2-11,13,15-18,26,29,33-35H,12,14,19-20H2,1H3,(H,31,36)/t26-,29+/m0/s1. The predicted molar refractivity (Wildman–Crippen MR) is 157 cm³/mol. The second-order valence-corrected chi connectivity index (χ2v) is 12.4. The normalized spacial score (nSPS) is 13.0. The van der Waals surface area contributed by atoms with E-state index in [2.05, 4.69) is 5.32 Å². The molecule has 4 N–H and O–H groups in total. The zero-order chi connectivity index (χ0) is 29.4. The number of hydrogen-bond donors (Lipinski definition) is 4. The van der Waals surface area contributed by atoms with Crippen LogP contribution in [0.3, 0.4) is 0 Å². The molecule has 0 spiro atoms. The van der Waals surface area contributed by atoms with E-state index in [1.54, 1.807) is 12.1 Å². The van der Waals surface area contributed by atoms with E-state index in [1.165, 1.54) is 47.0 Å². The maximum atomic E-state index is 13.8. The number of sulfonamides is 1. The van der Waals surface area contributed by atoms with Gasteiger partial charge in [-0.05, 0) is 60.2 Å². The second kappa shape index (κ2) is 13.6. The average molecular weight is 597 g/mol. The lowest BCUT2D eigenvalue weighted by molar-refractivity contribution is 0.0763. The smallest absolute Gasteiger partial charge is 0.251 e. The summed E-state index contributed by atoms with van der Waals surface area (Å²) in [6, 6.07) is 22.1. The number of aliphatic hydroxyl groups is 1. The fraction of sp³-hybridized carbons (Fsp3) is 0.233. The van der Waals surface area contributed by atoms with Crippen molar-refractivity contribution in [1.82, 2.24) is 9.62 Å². The van der Waals surface area contributed by atoms with E-state index in [0.717, 1.165) is 16.5 Å². The number of hydrogen-bond acceptors (Lipinski definition) is 8. The fourth-order valence-electron chi connectivity index (χ4n) is 4.31. The monoisotopic (exact) mass is 596 g/mol. The van der Waals surface area contributed by atoms with Gasteiger partial charge in [0.15, 0.2) is 11.5 Å². The summed E-state index contributed by atoms with van der Waals surface area (Å²) in [6.07, 6.45) is -0.460. The molecule has 0 bridgehead atoms. The quantitative estimate of drug-likeness (QED) is 0.170. The van der Waals surface area contributed by atoms with Crippen molar-refractivity contribution < 1.29 is 33.3 Å². The van der Waals surface area contributed by atoms with Crippen LogP contribution < -0.4 is 10.1 Å². The number of carbonyl (C=O) groups excluding carboxylic acids is 1. The van der Waals surface area contributed by atoms with Crippen LogP contribution in [0, 0.1) is 0 Å². The number of phenols is 2. The Morgan fingerprint density at radius 1 is 0.976 bits per heavy atom. The number of nitrogens with one attached hydrogen (secondary N) is 1. The number of phenolic OH excluding ortho intramolecular Hbond substituents is 2. The Morgan fingerprint density at radius 3 is 2.44 bits per heavy atom. The average Bonchev–Trinajstić information content (AvgIpc) is 3.50. The molecule has 2 atom stereocenters. The van der Waals surface area contributed by atoms with Gasteiger partial charge in [0.1, 0.15) is 5.75 Å². The van der Waals surface area contributed by atoms with E-state index >= 15 is 0 Å². The topological polar surface area (TPSA) is 136 Å². The van der Waals surface area contributed by atoms with Gasteiger partial charge < -0.3 is 25.4 Å². The molecule has 4 aromatic rings. The molecule has 0 saturated carbocycles. The summed E-state index contributed by atoms with van der Waals surface area (Å²) >= 11 is 1.40. The Balaban J connectivity index is 1.62. The number of aliphatic hydroxyl groups excluding tert-OH is 1. The maximum Gasteiger partial charge on any atom is 0.251 e. The highest BCUT2D eigenvalue weighted by atomic mass is 32.2. The molecule has 1 amide bonds. The number of benzene rings is 3. The molecule has 41 heavy (non-hydrogen) atoms. The van der Waals surface area contributed by atoms with Crippen molar-refractivity contribution >= 4 is 27.3 Å². The van der Waals surface area contributed by atoms with Gasteiger partial charge in [0.25, 0.3) is 5.91 Å². The molecular weight excluding hydrogens is 564 g/mol. The first kappa shape index (κ1) is 30.1. The number of amides is 1. The van der Waals surface area contributed by atoms with Gasteiger partial charge in [-0.2, -0.15) is 4.31 Å². The van der Waals surface area contributed by atoms with E-state index in [9.17, 15) is 28.5 Å². The van der Waals surface area contributed by atoms with Crippen LogP contribution in [0.4, 0.5) is 0 Å². The third-order valence-electron chi connectivity index (χ3n) is 6.59. The van der Waals surface area contributed by atoms with Crippen molar-refractivity contribution in [3.63, 3.8) is 0 Å². The van der Waals surface area contributed by atoms with Crippen LogP contribution in [0.25, 0.3) is 0 Å². The van der Waals surface area contributed by atoms with E-state index in [1.807, 2.05) is 47.8 Å². The van der Waals surface area contributed by atoms with Crippen LogP contribution >= 0.6 is 11.3 Å². The molecule has 1 heterocycles. The van der Waals surface area contributed by atoms with Gasteiger partial charge in [-0.1, -0.05) is 42.5 Å². The Morgan fingerprint density at radius 2 is 1.76 bits per heavy atom. The number of aromatic hydroxyl groups is 2. The minimum absolute atomic E-state index is 0.0186. The van der Waals surface area contributed by atoms with Crippen LogP contribution in [-0.4, -0.2) is 59.8 Å². The van der Waals surface area contributed by atoms with Crippen LogP contribution in [0.15, 0.2) is 95.2 Å². The lowest BCUT2D eigenvalue weighted by atomic mass is 10.00. The summed E-state index contributed by atoms with van der Waals surface area (Å²) in [5.74, 6) is -1.02. The Kier molecular flexibility index (Phi) is 10.0. The SMILES string of the molecule is COc1cccc(S(=O)(=O)N(Cc2cccs2)C[C@@H](O)[C@H](CCc2ccccc2)NC(=O)c2ccc(O)c(O)c2)c1. The highest BCUT2D eigenvalue weighted by Crippen LogP contribution is 2.26. The summed E-state index contributed by atoms with van der Waals surface area (Å²) in [5.41, 5.74) is 1.07. The first-order valence-corrected chi connectivity index (χ1v) is 15.2. The third-order valence-corrected chi connectivity index (χ3v) is 9.26. The predicted octanol–water partition coefficient (Wildman–Crippen LogP) is 4.15. The highest BCUT2D eigenvalue weighted by molar-refractivity contribution is 7.89. The molecule has 0 radical (unpaired) electrons. The number of aryl methyl sites for hydroxylation is 1. The summed E-state index contributed by atoms with van der Waals surface area (Å²) in [6.45, 7) is -0.266. The number of ether oxygens (including phenoxy) is 1. The number of carbonyl (C=O) groups is 1. The molecule has 216 valence electrons. The van der Waals surface area contributed by atoms with Crippen molar-refractivity contribution in [2.24, 2.45) is 0 Å². The second-order valence-electron chi connectivity index (χ2n) is 9.43. The Bertz CT molecular complexity index is 1540. The lowest BCUT2D eigenvalue weighted by Crippen LogP contribution is -2.49. The van der Waals surface area contributed by atoms with Crippen molar-refractivity contribution in [3.05, 3.63) is 106 Å². The van der Waals surface area contributed by atoms with Gasteiger partial charge >= 0.3 is 0 Å².